The average molecular weight is 544 g/mol. The lowest BCUT2D eigenvalue weighted by atomic mass is 10.2. The Morgan fingerprint density at radius 2 is 1.13 bits per heavy atom. The molecule has 3 heteroatoms. The van der Waals surface area contributed by atoms with Gasteiger partial charge in [0.25, 0.3) is 0 Å². The monoisotopic (exact) mass is 544 g/mol. The van der Waals surface area contributed by atoms with Gasteiger partial charge in [0.15, 0.2) is 0 Å². The van der Waals surface area contributed by atoms with E-state index in [4.69, 9.17) is 0 Å². The highest BCUT2D eigenvalue weighted by molar-refractivity contribution is 14.1. The Kier molecular flexibility index (Phi) is 8.01. The molecule has 0 aliphatic carbocycles. The maximum absolute atomic E-state index is 2.47. The normalized spacial score (nSPS) is 10.3. The van der Waals surface area contributed by atoms with Gasteiger partial charge in [-0.3, -0.25) is 0 Å². The number of halogens is 2. The van der Waals surface area contributed by atoms with Gasteiger partial charge in [0.1, 0.15) is 0 Å². The predicted octanol–water partition coefficient (Wildman–Crippen LogP) is 5.04. The van der Waals surface area contributed by atoms with E-state index in [9.17, 15) is 0 Å². The largest absolute Gasteiger partial charge is 0.107 e. The first-order valence-electron chi connectivity index (χ1n) is 7.44. The first-order chi connectivity index (χ1) is 10.9. The molecule has 0 fully saturated rings. The molecule has 0 atom stereocenters. The lowest BCUT2D eigenvalue weighted by molar-refractivity contribution is 1.20. The fraction of sp³-hybridized carbons (Fsp3) is 0.100. The van der Waals surface area contributed by atoms with Crippen molar-refractivity contribution in [3.8, 4) is 0 Å². The van der Waals surface area contributed by atoms with Crippen molar-refractivity contribution in [2.24, 2.45) is 0 Å². The topological polar surface area (TPSA) is 0 Å². The van der Waals surface area contributed by atoms with Crippen molar-refractivity contribution < 1.29 is 0 Å². The first kappa shape index (κ1) is 18.9. The molecular formula is C20H19I2P. The van der Waals surface area contributed by atoms with Gasteiger partial charge in [0.2, 0.25) is 0 Å². The highest BCUT2D eigenvalue weighted by Crippen LogP contribution is 2.34. The van der Waals surface area contributed by atoms with Crippen molar-refractivity contribution in [2.45, 2.75) is 6.42 Å². The summed E-state index contributed by atoms with van der Waals surface area (Å²) in [5.74, 6) is 0. The number of benzene rings is 3. The summed E-state index contributed by atoms with van der Waals surface area (Å²) >= 11 is 2.47. The highest BCUT2D eigenvalue weighted by atomic mass is 127. The number of hydrogen-bond donors (Lipinski definition) is 0. The molecular weight excluding hydrogens is 525 g/mol. The molecule has 118 valence electrons. The lowest BCUT2D eigenvalue weighted by Gasteiger charge is -2.22. The third-order valence-electron chi connectivity index (χ3n) is 3.63. The third kappa shape index (κ3) is 4.77. The van der Waals surface area contributed by atoms with Crippen LogP contribution in [-0.2, 0) is 6.42 Å². The Morgan fingerprint density at radius 1 is 0.652 bits per heavy atom. The summed E-state index contributed by atoms with van der Waals surface area (Å²) in [5.41, 5.74) is 1.48. The third-order valence-corrected chi connectivity index (χ3v) is 6.71. The van der Waals surface area contributed by atoms with Crippen molar-refractivity contribution in [3.63, 3.8) is 0 Å². The smallest absolute Gasteiger partial charge is 0.00360 e. The van der Waals surface area contributed by atoms with Crippen LogP contribution in [0.5, 0.6) is 0 Å². The summed E-state index contributed by atoms with van der Waals surface area (Å²) in [5, 5.41) is 4.33. The molecule has 0 amide bonds. The number of alkyl halides is 1. The van der Waals surface area contributed by atoms with Crippen LogP contribution in [0.3, 0.4) is 0 Å². The average Bonchev–Trinajstić information content (AvgIpc) is 2.59. The summed E-state index contributed by atoms with van der Waals surface area (Å²) in [6.45, 7) is 0. The van der Waals surface area contributed by atoms with Crippen molar-refractivity contribution in [2.75, 3.05) is 4.43 Å². The zero-order valence-corrected chi connectivity index (χ0v) is 18.1. The van der Waals surface area contributed by atoms with Gasteiger partial charge in [-0.1, -0.05) is 108 Å². The minimum absolute atomic E-state index is 0. The zero-order valence-electron chi connectivity index (χ0n) is 12.7. The molecule has 3 aromatic rings. The molecule has 0 aliphatic heterocycles. The lowest BCUT2D eigenvalue weighted by Crippen LogP contribution is -2.23. The number of hydrogen-bond acceptors (Lipinski definition) is 0. The van der Waals surface area contributed by atoms with E-state index in [0.29, 0.717) is 0 Å². The van der Waals surface area contributed by atoms with Gasteiger partial charge in [-0.05, 0) is 35.8 Å². The van der Waals surface area contributed by atoms with Crippen LogP contribution in [0.4, 0.5) is 0 Å². The van der Waals surface area contributed by atoms with Crippen LogP contribution in [-0.4, -0.2) is 4.43 Å². The molecule has 0 aliphatic rings. The van der Waals surface area contributed by atoms with E-state index in [0.717, 1.165) is 10.8 Å². The summed E-state index contributed by atoms with van der Waals surface area (Å²) in [7, 11) is -0.482. The van der Waals surface area contributed by atoms with E-state index in [1.165, 1.54) is 21.5 Å². The Bertz CT molecular complexity index is 674. The Balaban J connectivity index is 0.00000192. The van der Waals surface area contributed by atoms with Gasteiger partial charge >= 0.3 is 0 Å². The van der Waals surface area contributed by atoms with Crippen LogP contribution in [0.15, 0.2) is 84.9 Å². The molecule has 0 bridgehead atoms. The van der Waals surface area contributed by atoms with Gasteiger partial charge in [0.05, 0.1) is 0 Å². The first-order valence-corrected chi connectivity index (χ1v) is 10.3. The minimum atomic E-state index is -0.482. The second-order valence-corrected chi connectivity index (χ2v) is 8.34. The Labute approximate surface area is 170 Å². The van der Waals surface area contributed by atoms with Crippen molar-refractivity contribution in [3.05, 3.63) is 90.5 Å². The van der Waals surface area contributed by atoms with Gasteiger partial charge in [-0.15, -0.1) is 24.0 Å². The van der Waals surface area contributed by atoms with Crippen LogP contribution in [0.1, 0.15) is 5.56 Å². The van der Waals surface area contributed by atoms with Gasteiger partial charge in [0, 0.05) is 4.43 Å². The summed E-state index contributed by atoms with van der Waals surface area (Å²) in [6.07, 6.45) is 1.13. The summed E-state index contributed by atoms with van der Waals surface area (Å²) < 4.78 is 1.15. The Hall–Kier alpha value is -0.450. The van der Waals surface area contributed by atoms with Gasteiger partial charge in [-0.2, -0.15) is 0 Å². The van der Waals surface area contributed by atoms with E-state index in [2.05, 4.69) is 108 Å². The summed E-state index contributed by atoms with van der Waals surface area (Å²) in [4.78, 5) is 0. The second-order valence-electron chi connectivity index (χ2n) is 5.07. The molecule has 0 spiro atoms. The van der Waals surface area contributed by atoms with Crippen LogP contribution >= 0.6 is 54.5 Å². The van der Waals surface area contributed by atoms with Gasteiger partial charge < -0.3 is 0 Å². The number of aryl methyl sites for hydroxylation is 1. The minimum Gasteiger partial charge on any atom is -0.107 e. The SMILES string of the molecule is I.ICCc1ccccc1P(c1ccccc1)c1ccccc1. The van der Waals surface area contributed by atoms with E-state index < -0.39 is 7.92 Å². The van der Waals surface area contributed by atoms with Crippen LogP contribution in [0.2, 0.25) is 0 Å². The molecule has 23 heavy (non-hydrogen) atoms. The van der Waals surface area contributed by atoms with Gasteiger partial charge in [-0.25, -0.2) is 0 Å². The highest BCUT2D eigenvalue weighted by Gasteiger charge is 2.18. The maximum atomic E-state index is 2.47. The molecule has 0 unspecified atom stereocenters. The maximum Gasteiger partial charge on any atom is 0.00360 e. The molecule has 3 aromatic carbocycles. The van der Waals surface area contributed by atoms with Crippen LogP contribution < -0.4 is 15.9 Å². The second kappa shape index (κ2) is 9.75. The molecule has 0 saturated heterocycles. The van der Waals surface area contributed by atoms with Crippen molar-refractivity contribution in [1.82, 2.24) is 0 Å². The van der Waals surface area contributed by atoms with E-state index in [1.807, 2.05) is 0 Å². The fourth-order valence-corrected chi connectivity index (χ4v) is 5.71. The molecule has 0 N–H and O–H groups in total. The van der Waals surface area contributed by atoms with E-state index in [-0.39, 0.29) is 24.0 Å². The molecule has 3 rings (SSSR count). The fourth-order valence-electron chi connectivity index (χ4n) is 2.62. The summed E-state index contributed by atoms with van der Waals surface area (Å²) in [6, 6.07) is 30.8. The molecule has 0 aromatic heterocycles. The molecule has 0 saturated carbocycles. The van der Waals surface area contributed by atoms with E-state index >= 15 is 0 Å². The van der Waals surface area contributed by atoms with E-state index in [1.54, 1.807) is 0 Å². The zero-order chi connectivity index (χ0) is 15.2. The van der Waals surface area contributed by atoms with Crippen LogP contribution in [0, 0.1) is 0 Å². The van der Waals surface area contributed by atoms with Crippen molar-refractivity contribution in [1.29, 1.82) is 0 Å². The number of rotatable bonds is 5. The molecule has 0 nitrogen and oxygen atoms in total. The van der Waals surface area contributed by atoms with Crippen LogP contribution in [0.25, 0.3) is 0 Å². The van der Waals surface area contributed by atoms with Crippen molar-refractivity contribution >= 4 is 70.4 Å². The molecule has 0 radical (unpaired) electrons. The molecule has 0 heterocycles. The standard InChI is InChI=1S/C20H18IP.HI/c21-16-15-17-9-7-8-14-20(17)22(18-10-3-1-4-11-18)19-12-5-2-6-13-19;/h1-14H,15-16H2;1H. The predicted molar refractivity (Wildman–Crippen MR) is 123 cm³/mol. The Morgan fingerprint density at radius 3 is 1.65 bits per heavy atom. The quantitative estimate of drug-likeness (QED) is 0.240.